The van der Waals surface area contributed by atoms with E-state index >= 15 is 0 Å². The number of hydrogen-bond donors (Lipinski definition) is 0. The highest BCUT2D eigenvalue weighted by Gasteiger charge is 2.35. The first-order valence-electron chi connectivity index (χ1n) is 9.89. The summed E-state index contributed by atoms with van der Waals surface area (Å²) >= 11 is 0.797. The molecule has 0 spiro atoms. The lowest BCUT2D eigenvalue weighted by molar-refractivity contribution is -0.123. The smallest absolute Gasteiger partial charge is 0.343 e. The molecule has 8 heteroatoms. The average molecular weight is 463 g/mol. The molecular formula is C25H18FNO5S. The summed E-state index contributed by atoms with van der Waals surface area (Å²) < 4.78 is 24.3. The second-order valence-electron chi connectivity index (χ2n) is 7.05. The molecule has 1 aliphatic rings. The summed E-state index contributed by atoms with van der Waals surface area (Å²) in [6, 6.07) is 19.1. The summed E-state index contributed by atoms with van der Waals surface area (Å²) in [5, 5.41) is -0.459. The van der Waals surface area contributed by atoms with Crippen LogP contribution in [0, 0.1) is 5.82 Å². The summed E-state index contributed by atoms with van der Waals surface area (Å²) in [6.07, 6.45) is 1.57. The summed E-state index contributed by atoms with van der Waals surface area (Å²) in [4.78, 5) is 38.5. The van der Waals surface area contributed by atoms with Gasteiger partial charge in [-0.3, -0.25) is 14.5 Å². The van der Waals surface area contributed by atoms with Crippen LogP contribution in [0.15, 0.2) is 77.7 Å². The molecule has 0 atom stereocenters. The zero-order valence-corrected chi connectivity index (χ0v) is 18.3. The fraction of sp³-hybridized carbons (Fsp3) is 0.0800. The van der Waals surface area contributed by atoms with Crippen molar-refractivity contribution in [1.29, 1.82) is 0 Å². The first-order valence-corrected chi connectivity index (χ1v) is 10.7. The van der Waals surface area contributed by atoms with Gasteiger partial charge >= 0.3 is 5.97 Å². The first kappa shape index (κ1) is 22.3. The second-order valence-corrected chi connectivity index (χ2v) is 8.04. The number of imide groups is 1. The fourth-order valence-corrected chi connectivity index (χ4v) is 3.95. The van der Waals surface area contributed by atoms with Gasteiger partial charge in [-0.2, -0.15) is 0 Å². The number of benzene rings is 3. The molecular weight excluding hydrogens is 445 g/mol. The maximum Gasteiger partial charge on any atom is 0.343 e. The third-order valence-corrected chi connectivity index (χ3v) is 5.78. The zero-order valence-electron chi connectivity index (χ0n) is 17.5. The molecule has 0 bridgehead atoms. The summed E-state index contributed by atoms with van der Waals surface area (Å²) in [5.74, 6) is -0.502. The Morgan fingerprint density at radius 1 is 0.970 bits per heavy atom. The van der Waals surface area contributed by atoms with E-state index in [9.17, 15) is 18.8 Å². The molecule has 0 aromatic heterocycles. The highest BCUT2D eigenvalue weighted by Crippen LogP contribution is 2.33. The summed E-state index contributed by atoms with van der Waals surface area (Å²) in [6.45, 7) is -0.130. The molecule has 0 aliphatic carbocycles. The molecule has 6 nitrogen and oxygen atoms in total. The monoisotopic (exact) mass is 463 g/mol. The predicted octanol–water partition coefficient (Wildman–Crippen LogP) is 5.29. The van der Waals surface area contributed by atoms with Gasteiger partial charge in [-0.05, 0) is 65.9 Å². The van der Waals surface area contributed by atoms with Crippen LogP contribution in [-0.4, -0.2) is 29.1 Å². The van der Waals surface area contributed by atoms with E-state index in [2.05, 4.69) is 0 Å². The molecule has 0 saturated carbocycles. The van der Waals surface area contributed by atoms with Gasteiger partial charge in [-0.25, -0.2) is 9.18 Å². The van der Waals surface area contributed by atoms with Crippen molar-refractivity contribution in [1.82, 2.24) is 4.90 Å². The van der Waals surface area contributed by atoms with Crippen molar-refractivity contribution in [3.8, 4) is 11.5 Å². The number of amides is 2. The number of halogens is 1. The van der Waals surface area contributed by atoms with Gasteiger partial charge in [0, 0.05) is 5.56 Å². The summed E-state index contributed by atoms with van der Waals surface area (Å²) in [7, 11) is 1.54. The standard InChI is InChI=1S/C25H18FNO5S/c1-31-19-12-8-17(9-13-19)24(29)32-20-10-6-16(7-11-20)14-22-23(28)27(25(30)33-22)15-18-4-2-3-5-21(18)26/h2-14H,15H2,1H3/b22-14-. The Bertz CT molecular complexity index is 1240. The van der Waals surface area contributed by atoms with Crippen LogP contribution in [0.25, 0.3) is 6.08 Å². The fourth-order valence-electron chi connectivity index (χ4n) is 3.11. The van der Waals surface area contributed by atoms with Gasteiger partial charge in [-0.15, -0.1) is 0 Å². The largest absolute Gasteiger partial charge is 0.497 e. The van der Waals surface area contributed by atoms with Crippen LogP contribution in [0.4, 0.5) is 9.18 Å². The van der Waals surface area contributed by atoms with Crippen LogP contribution >= 0.6 is 11.8 Å². The Morgan fingerprint density at radius 2 is 1.64 bits per heavy atom. The molecule has 1 saturated heterocycles. The van der Waals surface area contributed by atoms with Gasteiger partial charge in [-0.1, -0.05) is 30.3 Å². The topological polar surface area (TPSA) is 72.9 Å². The van der Waals surface area contributed by atoms with E-state index in [1.807, 2.05) is 0 Å². The van der Waals surface area contributed by atoms with E-state index in [-0.39, 0.29) is 17.0 Å². The minimum absolute atomic E-state index is 0.130. The molecule has 0 unspecified atom stereocenters. The molecule has 1 fully saturated rings. The van der Waals surface area contributed by atoms with Gasteiger partial charge in [0.2, 0.25) is 0 Å². The number of carbonyl (C=O) groups is 3. The third-order valence-electron chi connectivity index (χ3n) is 4.87. The van der Waals surface area contributed by atoms with Gasteiger partial charge in [0.05, 0.1) is 24.1 Å². The number of methoxy groups -OCH3 is 1. The Kier molecular flexibility index (Phi) is 6.55. The Labute approximate surface area is 193 Å². The molecule has 3 aromatic rings. The number of nitrogens with zero attached hydrogens (tertiary/aromatic N) is 1. The number of thioether (sulfide) groups is 1. The van der Waals surface area contributed by atoms with Crippen LogP contribution < -0.4 is 9.47 Å². The molecule has 33 heavy (non-hydrogen) atoms. The number of rotatable bonds is 6. The van der Waals surface area contributed by atoms with Crippen molar-refractivity contribution in [2.45, 2.75) is 6.54 Å². The van der Waals surface area contributed by atoms with Crippen LogP contribution in [0.3, 0.4) is 0 Å². The lowest BCUT2D eigenvalue weighted by Gasteiger charge is -2.12. The van der Waals surface area contributed by atoms with E-state index < -0.39 is 22.9 Å². The quantitative estimate of drug-likeness (QED) is 0.281. The normalized spacial score (nSPS) is 14.6. The molecule has 1 aliphatic heterocycles. The SMILES string of the molecule is COc1ccc(C(=O)Oc2ccc(/C=C3\SC(=O)N(Cc4ccccc4F)C3=O)cc2)cc1. The first-order chi connectivity index (χ1) is 15.9. The van der Waals surface area contributed by atoms with Crippen LogP contribution in [0.1, 0.15) is 21.5 Å². The molecule has 4 rings (SSSR count). The van der Waals surface area contributed by atoms with Crippen molar-refractivity contribution < 1.29 is 28.2 Å². The molecule has 166 valence electrons. The van der Waals surface area contributed by atoms with Gasteiger partial charge < -0.3 is 9.47 Å². The minimum atomic E-state index is -0.514. The Hall–Kier alpha value is -3.91. The number of ether oxygens (including phenoxy) is 2. The second kappa shape index (κ2) is 9.70. The molecule has 3 aromatic carbocycles. The zero-order chi connectivity index (χ0) is 23.4. The molecule has 0 radical (unpaired) electrons. The maximum absolute atomic E-state index is 13.9. The highest BCUT2D eigenvalue weighted by atomic mass is 32.2. The number of esters is 1. The number of hydrogen-bond acceptors (Lipinski definition) is 6. The van der Waals surface area contributed by atoms with Crippen molar-refractivity contribution in [3.05, 3.63) is 100 Å². The van der Waals surface area contributed by atoms with Crippen molar-refractivity contribution >= 4 is 35.0 Å². The van der Waals surface area contributed by atoms with E-state index in [0.29, 0.717) is 22.6 Å². The van der Waals surface area contributed by atoms with E-state index in [1.54, 1.807) is 73.8 Å². The van der Waals surface area contributed by atoms with Crippen molar-refractivity contribution in [2.24, 2.45) is 0 Å². The van der Waals surface area contributed by atoms with E-state index in [1.165, 1.54) is 12.1 Å². The summed E-state index contributed by atoms with van der Waals surface area (Å²) in [5.41, 5.74) is 1.29. The van der Waals surface area contributed by atoms with Crippen molar-refractivity contribution in [2.75, 3.05) is 7.11 Å². The third kappa shape index (κ3) is 5.12. The predicted molar refractivity (Wildman–Crippen MR) is 122 cm³/mol. The lowest BCUT2D eigenvalue weighted by Crippen LogP contribution is -2.27. The lowest BCUT2D eigenvalue weighted by atomic mass is 10.2. The van der Waals surface area contributed by atoms with Gasteiger partial charge in [0.15, 0.2) is 0 Å². The van der Waals surface area contributed by atoms with Crippen LogP contribution in [-0.2, 0) is 11.3 Å². The Morgan fingerprint density at radius 3 is 2.30 bits per heavy atom. The van der Waals surface area contributed by atoms with Crippen molar-refractivity contribution in [3.63, 3.8) is 0 Å². The van der Waals surface area contributed by atoms with Crippen LogP contribution in [0.2, 0.25) is 0 Å². The average Bonchev–Trinajstić information content (AvgIpc) is 3.09. The van der Waals surface area contributed by atoms with E-state index in [4.69, 9.17) is 9.47 Å². The maximum atomic E-state index is 13.9. The van der Waals surface area contributed by atoms with Crippen LogP contribution in [0.5, 0.6) is 11.5 Å². The van der Waals surface area contributed by atoms with E-state index in [0.717, 1.165) is 16.7 Å². The van der Waals surface area contributed by atoms with Gasteiger partial charge in [0.1, 0.15) is 17.3 Å². The number of carbonyl (C=O) groups excluding carboxylic acids is 3. The molecule has 2 amide bonds. The Balaban J connectivity index is 1.43. The molecule has 1 heterocycles. The van der Waals surface area contributed by atoms with Gasteiger partial charge in [0.25, 0.3) is 11.1 Å². The molecule has 0 N–H and O–H groups in total. The highest BCUT2D eigenvalue weighted by molar-refractivity contribution is 8.18. The minimum Gasteiger partial charge on any atom is -0.497 e.